The maximum atomic E-state index is 12.8. The van der Waals surface area contributed by atoms with E-state index in [9.17, 15) is 21.6 Å². The SMILES string of the molecule is Cc1ccc(S(=O)(=O)Cc2ccc3c(c2)CCN(C(=O)NS(=O)(=O)c2ccc(C)cc2)CC3)cc1. The van der Waals surface area contributed by atoms with Gasteiger partial charge in [0.2, 0.25) is 0 Å². The number of carbonyl (C=O) groups excluding carboxylic acids is 1. The fraction of sp³-hybridized carbons (Fsp3) is 0.269. The first-order valence-corrected chi connectivity index (χ1v) is 14.5. The summed E-state index contributed by atoms with van der Waals surface area (Å²) in [4.78, 5) is 14.6. The molecule has 0 unspecified atom stereocenters. The van der Waals surface area contributed by atoms with Crippen LogP contribution in [-0.2, 0) is 38.5 Å². The van der Waals surface area contributed by atoms with E-state index < -0.39 is 25.9 Å². The molecule has 0 fully saturated rings. The van der Waals surface area contributed by atoms with Gasteiger partial charge in [0, 0.05) is 13.1 Å². The van der Waals surface area contributed by atoms with E-state index in [4.69, 9.17) is 0 Å². The number of fused-ring (bicyclic) bond motifs is 1. The number of hydrogen-bond donors (Lipinski definition) is 1. The Labute approximate surface area is 206 Å². The van der Waals surface area contributed by atoms with E-state index in [0.717, 1.165) is 22.3 Å². The molecule has 3 aromatic rings. The lowest BCUT2D eigenvalue weighted by Crippen LogP contribution is -2.43. The lowest BCUT2D eigenvalue weighted by Gasteiger charge is -2.20. The number of hydrogen-bond acceptors (Lipinski definition) is 5. The first-order valence-electron chi connectivity index (χ1n) is 11.3. The van der Waals surface area contributed by atoms with Crippen LogP contribution in [0.4, 0.5) is 4.79 Å². The van der Waals surface area contributed by atoms with Crippen LogP contribution in [-0.4, -0.2) is 40.9 Å². The number of aryl methyl sites for hydroxylation is 2. The highest BCUT2D eigenvalue weighted by atomic mass is 32.2. The lowest BCUT2D eigenvalue weighted by atomic mass is 10.0. The molecule has 9 heteroatoms. The Hall–Kier alpha value is -3.17. The van der Waals surface area contributed by atoms with Gasteiger partial charge in [-0.3, -0.25) is 0 Å². The number of carbonyl (C=O) groups is 1. The summed E-state index contributed by atoms with van der Waals surface area (Å²) in [6.07, 6.45) is 1.06. The third-order valence-electron chi connectivity index (χ3n) is 6.15. The van der Waals surface area contributed by atoms with Gasteiger partial charge in [0.05, 0.1) is 15.5 Å². The molecule has 35 heavy (non-hydrogen) atoms. The minimum atomic E-state index is -3.97. The first-order chi connectivity index (χ1) is 16.5. The van der Waals surface area contributed by atoms with Crippen molar-refractivity contribution in [3.63, 3.8) is 0 Å². The Morgan fingerprint density at radius 2 is 1.31 bits per heavy atom. The van der Waals surface area contributed by atoms with E-state index in [1.54, 1.807) is 36.4 Å². The molecule has 0 spiro atoms. The Morgan fingerprint density at radius 3 is 1.91 bits per heavy atom. The molecule has 1 N–H and O–H groups in total. The normalized spacial score (nSPS) is 14.2. The molecular formula is C26H28N2O5S2. The highest BCUT2D eigenvalue weighted by Gasteiger charge is 2.24. The number of rotatable bonds is 5. The summed E-state index contributed by atoms with van der Waals surface area (Å²) in [5.74, 6) is -0.109. The van der Waals surface area contributed by atoms with E-state index in [0.29, 0.717) is 31.5 Å². The fourth-order valence-electron chi connectivity index (χ4n) is 4.08. The molecule has 2 amide bonds. The average Bonchev–Trinajstić information content (AvgIpc) is 3.01. The number of sulfonamides is 1. The van der Waals surface area contributed by atoms with Crippen LogP contribution in [0.5, 0.6) is 0 Å². The van der Waals surface area contributed by atoms with Gasteiger partial charge in [0.25, 0.3) is 10.0 Å². The van der Waals surface area contributed by atoms with Crippen molar-refractivity contribution in [2.45, 2.75) is 42.2 Å². The van der Waals surface area contributed by atoms with Crippen molar-refractivity contribution in [3.05, 3.63) is 94.5 Å². The number of nitrogens with one attached hydrogen (secondary N) is 1. The second-order valence-corrected chi connectivity index (χ2v) is 12.6. The zero-order valence-electron chi connectivity index (χ0n) is 19.7. The minimum Gasteiger partial charge on any atom is -0.323 e. The summed E-state index contributed by atoms with van der Waals surface area (Å²) in [7, 11) is -7.45. The zero-order valence-corrected chi connectivity index (χ0v) is 21.3. The second-order valence-electron chi connectivity index (χ2n) is 8.89. The van der Waals surface area contributed by atoms with Gasteiger partial charge >= 0.3 is 6.03 Å². The van der Waals surface area contributed by atoms with Gasteiger partial charge in [0.15, 0.2) is 9.84 Å². The molecule has 1 heterocycles. The van der Waals surface area contributed by atoms with Crippen LogP contribution in [0, 0.1) is 13.8 Å². The van der Waals surface area contributed by atoms with Crippen molar-refractivity contribution in [2.24, 2.45) is 0 Å². The topological polar surface area (TPSA) is 101 Å². The lowest BCUT2D eigenvalue weighted by molar-refractivity contribution is 0.206. The van der Waals surface area contributed by atoms with Crippen molar-refractivity contribution < 1.29 is 21.6 Å². The highest BCUT2D eigenvalue weighted by molar-refractivity contribution is 7.90. The molecule has 184 valence electrons. The number of sulfone groups is 1. The molecule has 0 atom stereocenters. The van der Waals surface area contributed by atoms with Crippen LogP contribution in [0.3, 0.4) is 0 Å². The van der Waals surface area contributed by atoms with Crippen molar-refractivity contribution in [1.82, 2.24) is 9.62 Å². The van der Waals surface area contributed by atoms with Gasteiger partial charge < -0.3 is 4.90 Å². The molecule has 0 bridgehead atoms. The Balaban J connectivity index is 1.44. The molecule has 1 aliphatic heterocycles. The standard InChI is InChI=1S/C26H28N2O5S2/c1-19-3-9-24(10-4-19)34(30,31)18-21-7-8-22-13-15-28(16-14-23(22)17-21)26(29)27-35(32,33)25-11-5-20(2)6-12-25/h3-12,17H,13-16,18H2,1-2H3,(H,27,29). The van der Waals surface area contributed by atoms with Crippen LogP contribution in [0.1, 0.15) is 27.8 Å². The summed E-state index contributed by atoms with van der Waals surface area (Å²) in [6.45, 7) is 4.46. The van der Waals surface area contributed by atoms with Crippen LogP contribution < -0.4 is 4.72 Å². The third-order valence-corrected chi connectivity index (χ3v) is 9.19. The van der Waals surface area contributed by atoms with E-state index in [1.807, 2.05) is 32.0 Å². The molecule has 4 rings (SSSR count). The summed E-state index contributed by atoms with van der Waals surface area (Å²) in [5.41, 5.74) is 4.60. The van der Waals surface area contributed by atoms with Gasteiger partial charge in [-0.1, -0.05) is 53.6 Å². The predicted molar refractivity (Wildman–Crippen MR) is 134 cm³/mol. The van der Waals surface area contributed by atoms with E-state index >= 15 is 0 Å². The monoisotopic (exact) mass is 512 g/mol. The van der Waals surface area contributed by atoms with Crippen molar-refractivity contribution in [1.29, 1.82) is 0 Å². The molecule has 1 aliphatic rings. The molecule has 0 aromatic heterocycles. The quantitative estimate of drug-likeness (QED) is 0.561. The number of benzene rings is 3. The zero-order chi connectivity index (χ0) is 25.2. The van der Waals surface area contributed by atoms with Gasteiger partial charge in [-0.25, -0.2) is 26.4 Å². The summed E-state index contributed by atoms with van der Waals surface area (Å²) < 4.78 is 53.0. The van der Waals surface area contributed by atoms with Gasteiger partial charge in [-0.2, -0.15) is 0 Å². The van der Waals surface area contributed by atoms with Gasteiger partial charge in [0.1, 0.15) is 0 Å². The predicted octanol–water partition coefficient (Wildman–Crippen LogP) is 3.78. The molecule has 0 saturated heterocycles. The Kier molecular flexibility index (Phi) is 7.00. The smallest absolute Gasteiger partial charge is 0.323 e. The molecule has 3 aromatic carbocycles. The Bertz CT molecular complexity index is 1450. The number of amides is 2. The van der Waals surface area contributed by atoms with Crippen molar-refractivity contribution in [3.8, 4) is 0 Å². The first kappa shape index (κ1) is 24.9. The average molecular weight is 513 g/mol. The van der Waals surface area contributed by atoms with Gasteiger partial charge in [-0.15, -0.1) is 0 Å². The number of urea groups is 1. The molecule has 0 radical (unpaired) electrons. The maximum absolute atomic E-state index is 12.8. The van der Waals surface area contributed by atoms with Crippen LogP contribution in [0.25, 0.3) is 0 Å². The fourth-order valence-corrected chi connectivity index (χ4v) is 6.38. The molecular weight excluding hydrogens is 484 g/mol. The van der Waals surface area contributed by atoms with Crippen molar-refractivity contribution in [2.75, 3.05) is 13.1 Å². The highest BCUT2D eigenvalue weighted by Crippen LogP contribution is 2.22. The van der Waals surface area contributed by atoms with Gasteiger partial charge in [-0.05, 0) is 67.6 Å². The number of nitrogens with zero attached hydrogens (tertiary/aromatic N) is 1. The maximum Gasteiger partial charge on any atom is 0.331 e. The van der Waals surface area contributed by atoms with Crippen LogP contribution in [0.2, 0.25) is 0 Å². The van der Waals surface area contributed by atoms with Crippen molar-refractivity contribution >= 4 is 25.9 Å². The third kappa shape index (κ3) is 5.91. The largest absolute Gasteiger partial charge is 0.331 e. The summed E-state index contributed by atoms with van der Waals surface area (Å²) in [5, 5.41) is 0. The second kappa shape index (κ2) is 9.83. The molecule has 7 nitrogen and oxygen atoms in total. The van der Waals surface area contributed by atoms with E-state index in [1.165, 1.54) is 17.0 Å². The van der Waals surface area contributed by atoms with E-state index in [2.05, 4.69) is 4.72 Å². The summed E-state index contributed by atoms with van der Waals surface area (Å²) >= 11 is 0. The van der Waals surface area contributed by atoms with E-state index in [-0.39, 0.29) is 15.5 Å². The molecule has 0 saturated carbocycles. The Morgan fingerprint density at radius 1 is 0.771 bits per heavy atom. The van der Waals surface area contributed by atoms with Crippen LogP contribution in [0.15, 0.2) is 76.5 Å². The van der Waals surface area contributed by atoms with Crippen LogP contribution >= 0.6 is 0 Å². The molecule has 0 aliphatic carbocycles. The summed E-state index contributed by atoms with van der Waals surface area (Å²) in [6, 6.07) is 18.0. The minimum absolute atomic E-state index is 0.0361.